The summed E-state index contributed by atoms with van der Waals surface area (Å²) < 4.78 is 0. The number of hydrogen-bond donors (Lipinski definition) is 5. The van der Waals surface area contributed by atoms with Gasteiger partial charge in [-0.25, -0.2) is 0 Å². The van der Waals surface area contributed by atoms with E-state index < -0.39 is 29.7 Å². The van der Waals surface area contributed by atoms with Crippen molar-refractivity contribution >= 4 is 5.91 Å². The van der Waals surface area contributed by atoms with Gasteiger partial charge in [0.15, 0.2) is 5.60 Å². The first-order valence-electron chi connectivity index (χ1n) is 6.07. The Bertz CT molecular complexity index is 325. The van der Waals surface area contributed by atoms with E-state index in [1.807, 2.05) is 6.92 Å². The number of carbonyl (C=O) groups excluding carboxylic acids is 1. The van der Waals surface area contributed by atoms with E-state index in [9.17, 15) is 15.0 Å². The third kappa shape index (κ3) is 2.30. The minimum Gasteiger partial charge on any atom is -0.391 e. The summed E-state index contributed by atoms with van der Waals surface area (Å²) in [7, 11) is 0. The minimum atomic E-state index is -1.44. The Morgan fingerprint density at radius 3 is 2.53 bits per heavy atom. The monoisotopic (exact) mass is 243 g/mol. The standard InChI is InChI=1S/C11H21N3O3/c1-5-2-6(12)3-7(9(5)15)14-10(16)11(17)4-8(11)13/h5-9,15,17H,2-4,12-13H2,1H3,(H,14,16)/t5-,6+,7+,8?,9+,11?/m0/s1. The van der Waals surface area contributed by atoms with Crippen LogP contribution in [-0.4, -0.2) is 46.0 Å². The highest BCUT2D eigenvalue weighted by molar-refractivity contribution is 5.89. The van der Waals surface area contributed by atoms with Crippen molar-refractivity contribution in [1.29, 1.82) is 0 Å². The van der Waals surface area contributed by atoms with E-state index in [2.05, 4.69) is 5.32 Å². The summed E-state index contributed by atoms with van der Waals surface area (Å²) in [4.78, 5) is 11.8. The molecule has 2 aliphatic rings. The lowest BCUT2D eigenvalue weighted by Crippen LogP contribution is -2.56. The van der Waals surface area contributed by atoms with Gasteiger partial charge in [0.1, 0.15) is 0 Å². The fourth-order valence-electron chi connectivity index (χ4n) is 2.55. The molecule has 0 spiro atoms. The quantitative estimate of drug-likeness (QED) is 0.386. The molecule has 6 heteroatoms. The second kappa shape index (κ2) is 4.20. The van der Waals surface area contributed by atoms with Crippen molar-refractivity contribution in [2.75, 3.05) is 0 Å². The maximum atomic E-state index is 11.8. The van der Waals surface area contributed by atoms with Crippen LogP contribution in [0, 0.1) is 5.92 Å². The third-order valence-electron chi connectivity index (χ3n) is 3.92. The number of hydrogen-bond acceptors (Lipinski definition) is 5. The fourth-order valence-corrected chi connectivity index (χ4v) is 2.55. The molecule has 2 unspecified atom stereocenters. The lowest BCUT2D eigenvalue weighted by atomic mass is 9.81. The van der Waals surface area contributed by atoms with E-state index in [-0.39, 0.29) is 18.4 Å². The van der Waals surface area contributed by atoms with Crippen LogP contribution in [0.25, 0.3) is 0 Å². The van der Waals surface area contributed by atoms with E-state index in [1.165, 1.54) is 0 Å². The predicted octanol–water partition coefficient (Wildman–Crippen LogP) is -1.95. The molecule has 1 amide bonds. The summed E-state index contributed by atoms with van der Waals surface area (Å²) in [5.74, 6) is -0.443. The highest BCUT2D eigenvalue weighted by Crippen LogP contribution is 2.34. The Hall–Kier alpha value is -0.690. The molecule has 0 radical (unpaired) electrons. The summed E-state index contributed by atoms with van der Waals surface area (Å²) >= 11 is 0. The second-order valence-corrected chi connectivity index (χ2v) is 5.51. The van der Waals surface area contributed by atoms with Gasteiger partial charge in [-0.05, 0) is 18.8 Å². The zero-order valence-corrected chi connectivity index (χ0v) is 9.97. The van der Waals surface area contributed by atoms with Crippen LogP contribution in [0.3, 0.4) is 0 Å². The summed E-state index contributed by atoms with van der Waals surface area (Å²) in [6.07, 6.45) is 0.945. The van der Waals surface area contributed by atoms with Gasteiger partial charge in [0.2, 0.25) is 0 Å². The van der Waals surface area contributed by atoms with Crippen molar-refractivity contribution < 1.29 is 15.0 Å². The first-order valence-corrected chi connectivity index (χ1v) is 6.07. The van der Waals surface area contributed by atoms with Crippen LogP contribution < -0.4 is 16.8 Å². The number of carbonyl (C=O) groups is 1. The lowest BCUT2D eigenvalue weighted by Gasteiger charge is -2.37. The van der Waals surface area contributed by atoms with Gasteiger partial charge in [-0.3, -0.25) is 4.79 Å². The van der Waals surface area contributed by atoms with E-state index in [0.717, 1.165) is 6.42 Å². The summed E-state index contributed by atoms with van der Waals surface area (Å²) in [5.41, 5.74) is 9.91. The van der Waals surface area contributed by atoms with Crippen LogP contribution in [0.1, 0.15) is 26.2 Å². The van der Waals surface area contributed by atoms with Crippen molar-refractivity contribution in [1.82, 2.24) is 5.32 Å². The predicted molar refractivity (Wildman–Crippen MR) is 61.9 cm³/mol. The molecule has 0 aromatic carbocycles. The molecular weight excluding hydrogens is 222 g/mol. The van der Waals surface area contributed by atoms with E-state index in [1.54, 1.807) is 0 Å². The molecule has 6 atom stereocenters. The van der Waals surface area contributed by atoms with Crippen LogP contribution in [0.2, 0.25) is 0 Å². The minimum absolute atomic E-state index is 0.0266. The molecule has 0 saturated heterocycles. The molecule has 6 nitrogen and oxygen atoms in total. The van der Waals surface area contributed by atoms with Crippen LogP contribution >= 0.6 is 0 Å². The topological polar surface area (TPSA) is 122 Å². The third-order valence-corrected chi connectivity index (χ3v) is 3.92. The number of amides is 1. The summed E-state index contributed by atoms with van der Waals surface area (Å²) in [6, 6.07) is -0.909. The number of aliphatic hydroxyl groups is 2. The molecule has 17 heavy (non-hydrogen) atoms. The normalized spacial score (nSPS) is 49.8. The van der Waals surface area contributed by atoms with Gasteiger partial charge >= 0.3 is 0 Å². The largest absolute Gasteiger partial charge is 0.391 e. The van der Waals surface area contributed by atoms with Crippen LogP contribution in [0.5, 0.6) is 0 Å². The smallest absolute Gasteiger partial charge is 0.253 e. The van der Waals surface area contributed by atoms with Gasteiger partial charge in [-0.15, -0.1) is 0 Å². The summed E-state index contributed by atoms with van der Waals surface area (Å²) in [5, 5.41) is 22.4. The highest BCUT2D eigenvalue weighted by atomic mass is 16.3. The molecule has 0 aliphatic heterocycles. The Labute approximate surface area is 100 Å². The molecule has 2 aliphatic carbocycles. The van der Waals surface area contributed by atoms with E-state index in [4.69, 9.17) is 11.5 Å². The van der Waals surface area contributed by atoms with Gasteiger partial charge in [-0.1, -0.05) is 6.92 Å². The van der Waals surface area contributed by atoms with Gasteiger partial charge in [0.25, 0.3) is 5.91 Å². The Kier molecular flexibility index (Phi) is 3.15. The number of nitrogens with one attached hydrogen (secondary N) is 1. The molecule has 0 aromatic heterocycles. The van der Waals surface area contributed by atoms with Crippen LogP contribution in [0.4, 0.5) is 0 Å². The summed E-state index contributed by atoms with van der Waals surface area (Å²) in [6.45, 7) is 1.90. The average Bonchev–Trinajstić information content (AvgIpc) is 2.84. The molecular formula is C11H21N3O3. The molecule has 0 heterocycles. The molecule has 2 saturated carbocycles. The molecule has 0 bridgehead atoms. The number of rotatable bonds is 2. The Morgan fingerprint density at radius 1 is 1.41 bits per heavy atom. The molecule has 7 N–H and O–H groups in total. The van der Waals surface area contributed by atoms with E-state index in [0.29, 0.717) is 6.42 Å². The van der Waals surface area contributed by atoms with E-state index >= 15 is 0 Å². The van der Waals surface area contributed by atoms with Crippen molar-refractivity contribution in [3.8, 4) is 0 Å². The fraction of sp³-hybridized carbons (Fsp3) is 0.909. The average molecular weight is 243 g/mol. The first kappa shape index (κ1) is 12.8. The molecule has 98 valence electrons. The van der Waals surface area contributed by atoms with Crippen molar-refractivity contribution in [3.63, 3.8) is 0 Å². The van der Waals surface area contributed by atoms with Gasteiger partial charge in [0, 0.05) is 18.5 Å². The van der Waals surface area contributed by atoms with Crippen molar-refractivity contribution in [2.24, 2.45) is 17.4 Å². The highest BCUT2D eigenvalue weighted by Gasteiger charge is 2.57. The first-order chi connectivity index (χ1) is 7.84. The Morgan fingerprint density at radius 2 is 2.00 bits per heavy atom. The maximum absolute atomic E-state index is 11.8. The Balaban J connectivity index is 1.96. The molecule has 2 fully saturated rings. The van der Waals surface area contributed by atoms with Gasteiger partial charge in [0.05, 0.1) is 12.1 Å². The van der Waals surface area contributed by atoms with Crippen LogP contribution in [0.15, 0.2) is 0 Å². The molecule has 0 aromatic rings. The maximum Gasteiger partial charge on any atom is 0.253 e. The number of aliphatic hydroxyl groups excluding tert-OH is 1. The zero-order chi connectivity index (χ0) is 12.8. The lowest BCUT2D eigenvalue weighted by molar-refractivity contribution is -0.134. The molecule has 2 rings (SSSR count). The van der Waals surface area contributed by atoms with Crippen LogP contribution in [-0.2, 0) is 4.79 Å². The van der Waals surface area contributed by atoms with Gasteiger partial charge < -0.3 is 27.0 Å². The second-order valence-electron chi connectivity index (χ2n) is 5.51. The SMILES string of the molecule is C[C@H]1C[C@@H](N)C[C@@H](NC(=O)C2(O)CC2N)[C@@H]1O. The zero-order valence-electron chi connectivity index (χ0n) is 9.97. The van der Waals surface area contributed by atoms with Crippen molar-refractivity contribution in [2.45, 2.75) is 56.0 Å². The van der Waals surface area contributed by atoms with Gasteiger partial charge in [-0.2, -0.15) is 0 Å². The number of nitrogens with two attached hydrogens (primary N) is 2. The van der Waals surface area contributed by atoms with Crippen molar-refractivity contribution in [3.05, 3.63) is 0 Å².